The van der Waals surface area contributed by atoms with Crippen molar-refractivity contribution in [3.8, 4) is 17.3 Å². The van der Waals surface area contributed by atoms with Crippen molar-refractivity contribution >= 4 is 34.7 Å². The van der Waals surface area contributed by atoms with Gasteiger partial charge in [0.1, 0.15) is 17.4 Å². The Morgan fingerprint density at radius 3 is 2.77 bits per heavy atom. The quantitative estimate of drug-likeness (QED) is 0.278. The fourth-order valence-electron chi connectivity index (χ4n) is 2.81. The predicted octanol–water partition coefficient (Wildman–Crippen LogP) is 6.18. The van der Waals surface area contributed by atoms with Crippen molar-refractivity contribution in [1.82, 2.24) is 19.7 Å². The van der Waals surface area contributed by atoms with E-state index in [0.29, 0.717) is 23.3 Å². The maximum Gasteiger partial charge on any atom is 0.200 e. The summed E-state index contributed by atoms with van der Waals surface area (Å²) >= 11 is 9.12. The number of benzene rings is 1. The minimum atomic E-state index is 0.434. The molecular weight excluding hydrogens is 440 g/mol. The van der Waals surface area contributed by atoms with Crippen LogP contribution in [0.25, 0.3) is 11.6 Å². The normalized spacial score (nSPS) is 11.3. The molecule has 30 heavy (non-hydrogen) atoms. The third-order valence-corrected chi connectivity index (χ3v) is 6.25. The Hall–Kier alpha value is -2.29. The number of furan rings is 1. The van der Waals surface area contributed by atoms with Gasteiger partial charge in [-0.3, -0.25) is 4.57 Å². The first kappa shape index (κ1) is 21.0. The second kappa shape index (κ2) is 9.68. The number of hydrogen-bond donors (Lipinski definition) is 0. The lowest BCUT2D eigenvalue weighted by atomic mass is 10.2. The molecule has 0 fully saturated rings. The van der Waals surface area contributed by atoms with E-state index in [1.54, 1.807) is 29.4 Å². The second-order valence-corrected chi connectivity index (χ2v) is 9.37. The van der Waals surface area contributed by atoms with Crippen molar-refractivity contribution < 1.29 is 9.15 Å². The maximum absolute atomic E-state index is 5.90. The molecule has 4 rings (SSSR count). The van der Waals surface area contributed by atoms with Crippen LogP contribution < -0.4 is 4.74 Å². The highest BCUT2D eigenvalue weighted by molar-refractivity contribution is 7.98. The molecule has 0 spiro atoms. The van der Waals surface area contributed by atoms with E-state index in [4.69, 9.17) is 20.8 Å². The van der Waals surface area contributed by atoms with Crippen LogP contribution in [0.15, 0.2) is 57.6 Å². The molecule has 0 amide bonds. The van der Waals surface area contributed by atoms with Crippen LogP contribution in [-0.4, -0.2) is 19.7 Å². The van der Waals surface area contributed by atoms with Gasteiger partial charge in [-0.2, -0.15) is 0 Å². The smallest absolute Gasteiger partial charge is 0.200 e. The van der Waals surface area contributed by atoms with Gasteiger partial charge in [0.15, 0.2) is 16.7 Å². The van der Waals surface area contributed by atoms with Gasteiger partial charge in [0.2, 0.25) is 0 Å². The summed E-state index contributed by atoms with van der Waals surface area (Å²) in [4.78, 5) is 4.68. The van der Waals surface area contributed by atoms with E-state index in [2.05, 4.69) is 39.0 Å². The van der Waals surface area contributed by atoms with E-state index in [0.717, 1.165) is 39.7 Å². The summed E-state index contributed by atoms with van der Waals surface area (Å²) in [5, 5.41) is 13.3. The molecule has 4 aromatic rings. The first-order valence-corrected chi connectivity index (χ1v) is 11.7. The molecule has 1 aromatic carbocycles. The SMILES string of the molecule is CC(C)Cn1c(SCc2csc(COc3ccc(Cl)cc3)n2)nnc1-c1ccco1. The summed E-state index contributed by atoms with van der Waals surface area (Å²) < 4.78 is 13.4. The number of halogens is 1. The minimum absolute atomic E-state index is 0.434. The summed E-state index contributed by atoms with van der Waals surface area (Å²) in [5.41, 5.74) is 0.998. The molecule has 0 unspecified atom stereocenters. The highest BCUT2D eigenvalue weighted by Gasteiger charge is 2.17. The number of nitrogens with zero attached hydrogens (tertiary/aromatic N) is 4. The zero-order chi connectivity index (χ0) is 20.9. The maximum atomic E-state index is 5.90. The van der Waals surface area contributed by atoms with Crippen molar-refractivity contribution in [1.29, 1.82) is 0 Å². The van der Waals surface area contributed by atoms with Gasteiger partial charge >= 0.3 is 0 Å². The Bertz CT molecular complexity index is 1080. The van der Waals surface area contributed by atoms with Crippen LogP contribution >= 0.6 is 34.7 Å². The third-order valence-electron chi connectivity index (χ3n) is 4.13. The molecule has 0 radical (unpaired) electrons. The summed E-state index contributed by atoms with van der Waals surface area (Å²) in [7, 11) is 0. The summed E-state index contributed by atoms with van der Waals surface area (Å²) in [6.45, 7) is 5.60. The molecule has 0 saturated carbocycles. The summed E-state index contributed by atoms with van der Waals surface area (Å²) in [6.07, 6.45) is 1.65. The first-order chi connectivity index (χ1) is 14.6. The molecule has 0 aliphatic carbocycles. The lowest BCUT2D eigenvalue weighted by Crippen LogP contribution is -2.07. The van der Waals surface area contributed by atoms with Gasteiger partial charge in [-0.25, -0.2) is 4.98 Å². The average Bonchev–Trinajstić information content (AvgIpc) is 3.47. The summed E-state index contributed by atoms with van der Waals surface area (Å²) in [6, 6.07) is 11.1. The minimum Gasteiger partial charge on any atom is -0.486 e. The van der Waals surface area contributed by atoms with Crippen molar-refractivity contribution in [2.24, 2.45) is 5.92 Å². The van der Waals surface area contributed by atoms with Gasteiger partial charge < -0.3 is 9.15 Å². The van der Waals surface area contributed by atoms with E-state index >= 15 is 0 Å². The number of aromatic nitrogens is 4. The largest absolute Gasteiger partial charge is 0.486 e. The van der Waals surface area contributed by atoms with Crippen molar-refractivity contribution in [2.75, 3.05) is 0 Å². The molecule has 0 aliphatic heterocycles. The van der Waals surface area contributed by atoms with E-state index in [9.17, 15) is 0 Å². The number of thioether (sulfide) groups is 1. The van der Waals surface area contributed by atoms with Crippen LogP contribution in [0.2, 0.25) is 5.02 Å². The molecule has 0 bridgehead atoms. The van der Waals surface area contributed by atoms with Crippen LogP contribution in [-0.2, 0) is 18.9 Å². The van der Waals surface area contributed by atoms with Gasteiger partial charge in [-0.1, -0.05) is 37.2 Å². The highest BCUT2D eigenvalue weighted by Crippen LogP contribution is 2.28. The standard InChI is InChI=1S/C21H21ClN4O2S2/c1-14(2)10-26-20(18-4-3-9-27-18)24-25-21(26)30-13-16-12-29-19(23-16)11-28-17-7-5-15(22)6-8-17/h3-9,12,14H,10-11,13H2,1-2H3. The van der Waals surface area contributed by atoms with E-state index < -0.39 is 0 Å². The Morgan fingerprint density at radius 1 is 1.20 bits per heavy atom. The van der Waals surface area contributed by atoms with Crippen molar-refractivity contribution in [2.45, 2.75) is 37.9 Å². The Morgan fingerprint density at radius 2 is 2.03 bits per heavy atom. The topological polar surface area (TPSA) is 66.0 Å². The monoisotopic (exact) mass is 460 g/mol. The Labute approximate surface area is 188 Å². The average molecular weight is 461 g/mol. The molecule has 0 aliphatic rings. The molecule has 3 aromatic heterocycles. The zero-order valence-electron chi connectivity index (χ0n) is 16.6. The van der Waals surface area contributed by atoms with Crippen LogP contribution in [0.5, 0.6) is 5.75 Å². The molecule has 0 N–H and O–H groups in total. The zero-order valence-corrected chi connectivity index (χ0v) is 19.0. The molecule has 3 heterocycles. The van der Waals surface area contributed by atoms with Crippen molar-refractivity contribution in [3.63, 3.8) is 0 Å². The van der Waals surface area contributed by atoms with E-state index in [1.165, 1.54) is 0 Å². The summed E-state index contributed by atoms with van der Waals surface area (Å²) in [5.74, 6) is 3.44. The van der Waals surface area contributed by atoms with E-state index in [-0.39, 0.29) is 0 Å². The molecule has 9 heteroatoms. The highest BCUT2D eigenvalue weighted by atomic mass is 35.5. The fourth-order valence-corrected chi connectivity index (χ4v) is 4.59. The number of ether oxygens (including phenoxy) is 1. The van der Waals surface area contributed by atoms with Gasteiger partial charge in [0, 0.05) is 22.7 Å². The van der Waals surface area contributed by atoms with Crippen LogP contribution in [0, 0.1) is 5.92 Å². The number of hydrogen-bond acceptors (Lipinski definition) is 7. The second-order valence-electron chi connectivity index (χ2n) is 7.05. The van der Waals surface area contributed by atoms with Crippen LogP contribution in [0.1, 0.15) is 24.5 Å². The lowest BCUT2D eigenvalue weighted by Gasteiger charge is -2.11. The van der Waals surface area contributed by atoms with E-state index in [1.807, 2.05) is 36.4 Å². The molecule has 156 valence electrons. The van der Waals surface area contributed by atoms with Gasteiger partial charge in [-0.15, -0.1) is 21.5 Å². The number of thiazole rings is 1. The van der Waals surface area contributed by atoms with Gasteiger partial charge in [-0.05, 0) is 42.3 Å². The lowest BCUT2D eigenvalue weighted by molar-refractivity contribution is 0.305. The van der Waals surface area contributed by atoms with Gasteiger partial charge in [0.05, 0.1) is 12.0 Å². The molecule has 6 nitrogen and oxygen atoms in total. The Balaban J connectivity index is 1.39. The third kappa shape index (κ3) is 5.24. The Kier molecular flexibility index (Phi) is 6.76. The molecule has 0 atom stereocenters. The van der Waals surface area contributed by atoms with Crippen LogP contribution in [0.3, 0.4) is 0 Å². The number of rotatable bonds is 9. The van der Waals surface area contributed by atoms with Crippen LogP contribution in [0.4, 0.5) is 0 Å². The van der Waals surface area contributed by atoms with Crippen molar-refractivity contribution in [3.05, 3.63) is 63.8 Å². The molecular formula is C21H21ClN4O2S2. The van der Waals surface area contributed by atoms with Gasteiger partial charge in [0.25, 0.3) is 0 Å². The first-order valence-electron chi connectivity index (χ1n) is 9.50. The fraction of sp³-hybridized carbons (Fsp3) is 0.286. The molecule has 0 saturated heterocycles. The predicted molar refractivity (Wildman–Crippen MR) is 120 cm³/mol.